The number of methoxy groups -OCH3 is 1. The lowest BCUT2D eigenvalue weighted by atomic mass is 10.1. The highest BCUT2D eigenvalue weighted by atomic mass is 35.5. The minimum atomic E-state index is -1.37. The number of amides is 1. The van der Waals surface area contributed by atoms with Gasteiger partial charge in [0.1, 0.15) is 5.75 Å². The highest BCUT2D eigenvalue weighted by Gasteiger charge is 2.19. The summed E-state index contributed by atoms with van der Waals surface area (Å²) in [5, 5.41) is 11.5. The standard InChI is InChI=1S/C17H17ClN2O4/c1-24-15-4-2-3-14(19)13(15)9-20(10-16(21)22)17(23)11-5-7-12(18)8-6-11/h2-8H,9-10,19H2,1H3,(H,21,22)/p-1. The fourth-order valence-corrected chi connectivity index (χ4v) is 2.39. The van der Waals surface area contributed by atoms with E-state index in [4.69, 9.17) is 22.1 Å². The SMILES string of the molecule is COc1cccc(N)c1CN(CC(=O)[O-])C(=O)c1ccc(Cl)cc1. The third-order valence-corrected chi connectivity index (χ3v) is 3.69. The normalized spacial score (nSPS) is 10.2. The first-order valence-electron chi connectivity index (χ1n) is 7.08. The van der Waals surface area contributed by atoms with Crippen LogP contribution < -0.4 is 15.6 Å². The van der Waals surface area contributed by atoms with Gasteiger partial charge in [0.25, 0.3) is 5.91 Å². The van der Waals surface area contributed by atoms with Crippen LogP contribution in [0.4, 0.5) is 5.69 Å². The second-order valence-corrected chi connectivity index (χ2v) is 5.50. The molecule has 24 heavy (non-hydrogen) atoms. The molecule has 0 radical (unpaired) electrons. The number of halogens is 1. The number of hydrogen-bond donors (Lipinski definition) is 1. The molecule has 0 atom stereocenters. The quantitative estimate of drug-likeness (QED) is 0.795. The van der Waals surface area contributed by atoms with E-state index in [9.17, 15) is 14.7 Å². The van der Waals surface area contributed by atoms with Gasteiger partial charge in [-0.2, -0.15) is 0 Å². The number of nitrogens with zero attached hydrogens (tertiary/aromatic N) is 1. The number of benzene rings is 2. The number of nitrogens with two attached hydrogens (primary N) is 1. The zero-order valence-electron chi connectivity index (χ0n) is 13.0. The van der Waals surface area contributed by atoms with Crippen molar-refractivity contribution in [1.82, 2.24) is 4.90 Å². The predicted octanol–water partition coefficient (Wildman–Crippen LogP) is 1.32. The summed E-state index contributed by atoms with van der Waals surface area (Å²) in [6.07, 6.45) is 0. The van der Waals surface area contributed by atoms with Crippen molar-refractivity contribution < 1.29 is 19.4 Å². The molecule has 0 spiro atoms. The smallest absolute Gasteiger partial charge is 0.254 e. The Balaban J connectivity index is 2.34. The van der Waals surface area contributed by atoms with E-state index in [1.807, 2.05) is 0 Å². The largest absolute Gasteiger partial charge is 0.548 e. The van der Waals surface area contributed by atoms with Crippen molar-refractivity contribution in [3.05, 3.63) is 58.6 Å². The second-order valence-electron chi connectivity index (χ2n) is 5.07. The molecule has 2 aromatic rings. The van der Waals surface area contributed by atoms with E-state index >= 15 is 0 Å². The third kappa shape index (κ3) is 4.17. The second kappa shape index (κ2) is 7.70. The molecule has 2 rings (SSSR count). The first-order chi connectivity index (χ1) is 11.4. The van der Waals surface area contributed by atoms with Gasteiger partial charge in [-0.1, -0.05) is 17.7 Å². The summed E-state index contributed by atoms with van der Waals surface area (Å²) in [5.74, 6) is -1.37. The Kier molecular flexibility index (Phi) is 5.65. The van der Waals surface area contributed by atoms with Crippen LogP contribution in [-0.4, -0.2) is 30.4 Å². The Labute approximate surface area is 144 Å². The lowest BCUT2D eigenvalue weighted by molar-refractivity contribution is -0.305. The number of nitrogen functional groups attached to an aromatic ring is 1. The average Bonchev–Trinajstić information content (AvgIpc) is 2.55. The van der Waals surface area contributed by atoms with E-state index in [1.54, 1.807) is 30.3 Å². The van der Waals surface area contributed by atoms with E-state index in [2.05, 4.69) is 0 Å². The number of hydrogen-bond acceptors (Lipinski definition) is 5. The number of rotatable bonds is 6. The van der Waals surface area contributed by atoms with Crippen molar-refractivity contribution in [3.63, 3.8) is 0 Å². The molecule has 2 N–H and O–H groups in total. The summed E-state index contributed by atoms with van der Waals surface area (Å²) < 4.78 is 5.23. The molecule has 6 nitrogen and oxygen atoms in total. The van der Waals surface area contributed by atoms with Crippen LogP contribution in [0, 0.1) is 0 Å². The summed E-state index contributed by atoms with van der Waals surface area (Å²) in [5.41, 5.74) is 7.19. The monoisotopic (exact) mass is 347 g/mol. The van der Waals surface area contributed by atoms with Gasteiger partial charge in [-0.15, -0.1) is 0 Å². The van der Waals surface area contributed by atoms with Gasteiger partial charge in [0.15, 0.2) is 0 Å². The predicted molar refractivity (Wildman–Crippen MR) is 88.6 cm³/mol. The van der Waals surface area contributed by atoms with Crippen molar-refractivity contribution in [3.8, 4) is 5.75 Å². The van der Waals surface area contributed by atoms with Crippen LogP contribution in [0.1, 0.15) is 15.9 Å². The van der Waals surface area contributed by atoms with Crippen LogP contribution in [0.2, 0.25) is 5.02 Å². The van der Waals surface area contributed by atoms with E-state index in [0.717, 1.165) is 4.90 Å². The lowest BCUT2D eigenvalue weighted by Crippen LogP contribution is -2.41. The fraction of sp³-hybridized carbons (Fsp3) is 0.176. The molecule has 126 valence electrons. The topological polar surface area (TPSA) is 95.7 Å². The average molecular weight is 348 g/mol. The Morgan fingerprint density at radius 3 is 2.46 bits per heavy atom. The van der Waals surface area contributed by atoms with Crippen molar-refractivity contribution >= 4 is 29.2 Å². The fourth-order valence-electron chi connectivity index (χ4n) is 2.26. The Hall–Kier alpha value is -2.73. The Morgan fingerprint density at radius 2 is 1.88 bits per heavy atom. The minimum Gasteiger partial charge on any atom is -0.548 e. The Bertz CT molecular complexity index is 747. The molecule has 1 amide bonds. The molecule has 7 heteroatoms. The molecule has 0 heterocycles. The van der Waals surface area contributed by atoms with Gasteiger partial charge in [0, 0.05) is 21.8 Å². The molecule has 0 bridgehead atoms. The van der Waals surface area contributed by atoms with Gasteiger partial charge in [0.05, 0.1) is 26.2 Å². The summed E-state index contributed by atoms with van der Waals surface area (Å²) >= 11 is 5.81. The number of carbonyl (C=O) groups is 2. The van der Waals surface area contributed by atoms with Crippen LogP contribution in [0.5, 0.6) is 5.75 Å². The number of carbonyl (C=O) groups excluding carboxylic acids is 2. The first kappa shape index (κ1) is 17.6. The highest BCUT2D eigenvalue weighted by molar-refractivity contribution is 6.30. The Morgan fingerprint density at radius 1 is 1.21 bits per heavy atom. The third-order valence-electron chi connectivity index (χ3n) is 3.44. The van der Waals surface area contributed by atoms with Crippen LogP contribution in [0.3, 0.4) is 0 Å². The molecule has 0 aliphatic carbocycles. The van der Waals surface area contributed by atoms with Gasteiger partial charge >= 0.3 is 0 Å². The van der Waals surface area contributed by atoms with E-state index in [-0.39, 0.29) is 6.54 Å². The van der Waals surface area contributed by atoms with Crippen LogP contribution in [0.15, 0.2) is 42.5 Å². The minimum absolute atomic E-state index is 0.0225. The molecule has 2 aromatic carbocycles. The van der Waals surface area contributed by atoms with Crippen LogP contribution in [0.25, 0.3) is 0 Å². The van der Waals surface area contributed by atoms with E-state index in [0.29, 0.717) is 27.6 Å². The van der Waals surface area contributed by atoms with Gasteiger partial charge in [-0.05, 0) is 36.4 Å². The van der Waals surface area contributed by atoms with Gasteiger partial charge in [-0.3, -0.25) is 4.79 Å². The number of anilines is 1. The zero-order valence-corrected chi connectivity index (χ0v) is 13.7. The van der Waals surface area contributed by atoms with Crippen LogP contribution in [-0.2, 0) is 11.3 Å². The summed E-state index contributed by atoms with van der Waals surface area (Å²) in [7, 11) is 1.47. The number of ether oxygens (including phenoxy) is 1. The molecule has 0 saturated carbocycles. The molecule has 0 fully saturated rings. The van der Waals surface area contributed by atoms with Crippen molar-refractivity contribution in [2.45, 2.75) is 6.54 Å². The molecular weight excluding hydrogens is 332 g/mol. The zero-order chi connectivity index (χ0) is 17.7. The molecule has 0 aliphatic heterocycles. The van der Waals surface area contributed by atoms with Gasteiger partial charge in [0.2, 0.25) is 0 Å². The number of carboxylic acids is 1. The van der Waals surface area contributed by atoms with E-state index in [1.165, 1.54) is 19.2 Å². The van der Waals surface area contributed by atoms with Crippen LogP contribution >= 0.6 is 11.6 Å². The van der Waals surface area contributed by atoms with Crippen molar-refractivity contribution in [2.75, 3.05) is 19.4 Å². The molecular formula is C17H16ClN2O4-. The molecule has 0 aromatic heterocycles. The summed E-state index contributed by atoms with van der Waals surface area (Å²) in [6.45, 7) is -0.593. The number of carboxylic acid groups (broad SMARTS) is 1. The summed E-state index contributed by atoms with van der Waals surface area (Å²) in [4.78, 5) is 24.8. The number of aliphatic carboxylic acids is 1. The first-order valence-corrected chi connectivity index (χ1v) is 7.46. The molecule has 0 aliphatic rings. The summed E-state index contributed by atoms with van der Waals surface area (Å²) in [6, 6.07) is 11.2. The molecule has 0 unspecified atom stereocenters. The van der Waals surface area contributed by atoms with Crippen molar-refractivity contribution in [2.24, 2.45) is 0 Å². The van der Waals surface area contributed by atoms with Crippen molar-refractivity contribution in [1.29, 1.82) is 0 Å². The van der Waals surface area contributed by atoms with Gasteiger partial charge < -0.3 is 25.3 Å². The lowest BCUT2D eigenvalue weighted by Gasteiger charge is -2.25. The maximum Gasteiger partial charge on any atom is 0.254 e. The maximum atomic E-state index is 12.6. The van der Waals surface area contributed by atoms with E-state index < -0.39 is 18.4 Å². The highest BCUT2D eigenvalue weighted by Crippen LogP contribution is 2.26. The molecule has 0 saturated heterocycles. The maximum absolute atomic E-state index is 12.6. The van der Waals surface area contributed by atoms with Gasteiger partial charge in [-0.25, -0.2) is 0 Å².